The molecule has 136 valence electrons. The van der Waals surface area contributed by atoms with E-state index in [9.17, 15) is 9.90 Å². The molecule has 0 aliphatic rings. The molecule has 0 fully saturated rings. The van der Waals surface area contributed by atoms with Gasteiger partial charge in [-0.05, 0) is 24.8 Å². The SMILES string of the molecule is CCCCCCOCCCCCCN(Cc1ccccc1)C(=O)[O-].[Na+]. The van der Waals surface area contributed by atoms with E-state index in [4.69, 9.17) is 4.74 Å². The van der Waals surface area contributed by atoms with E-state index in [-0.39, 0.29) is 29.6 Å². The Morgan fingerprint density at radius 1 is 0.960 bits per heavy atom. The first kappa shape index (κ1) is 24.5. The Balaban J connectivity index is 0.00000576. The third kappa shape index (κ3) is 13.3. The number of carbonyl (C=O) groups excluding carboxylic acids is 1. The van der Waals surface area contributed by atoms with Crippen molar-refractivity contribution in [3.8, 4) is 0 Å². The first-order valence-electron chi connectivity index (χ1n) is 9.31. The second-order valence-corrected chi connectivity index (χ2v) is 6.26. The molecule has 5 heteroatoms. The molecule has 0 bridgehead atoms. The number of benzene rings is 1. The van der Waals surface area contributed by atoms with Crippen molar-refractivity contribution in [1.29, 1.82) is 0 Å². The van der Waals surface area contributed by atoms with Crippen molar-refractivity contribution in [3.63, 3.8) is 0 Å². The van der Waals surface area contributed by atoms with Crippen molar-refractivity contribution in [2.24, 2.45) is 0 Å². The second-order valence-electron chi connectivity index (χ2n) is 6.26. The zero-order chi connectivity index (χ0) is 17.5. The summed E-state index contributed by atoms with van der Waals surface area (Å²) in [6.07, 6.45) is 7.92. The topological polar surface area (TPSA) is 52.6 Å². The van der Waals surface area contributed by atoms with Crippen LogP contribution in [0.3, 0.4) is 0 Å². The quantitative estimate of drug-likeness (QED) is 0.369. The van der Waals surface area contributed by atoms with Gasteiger partial charge in [0.15, 0.2) is 0 Å². The standard InChI is InChI=1S/C20H33NO3.Na/c1-2-3-4-11-16-24-17-12-6-5-10-15-21(20(22)23)18-19-13-8-7-9-14-19;/h7-9,13-14H,2-6,10-12,15-18H2,1H3,(H,22,23);/q;+1/p-1. The molecule has 4 nitrogen and oxygen atoms in total. The Hall–Kier alpha value is -0.550. The van der Waals surface area contributed by atoms with Gasteiger partial charge in [0.1, 0.15) is 6.09 Å². The summed E-state index contributed by atoms with van der Waals surface area (Å²) in [5, 5.41) is 11.2. The van der Waals surface area contributed by atoms with Gasteiger partial charge in [0.25, 0.3) is 0 Å². The van der Waals surface area contributed by atoms with Gasteiger partial charge >= 0.3 is 29.6 Å². The minimum absolute atomic E-state index is 0. The predicted molar refractivity (Wildman–Crippen MR) is 95.7 cm³/mol. The molecule has 1 amide bonds. The molecule has 0 N–H and O–H groups in total. The van der Waals surface area contributed by atoms with Crippen molar-refractivity contribution in [3.05, 3.63) is 35.9 Å². The molecule has 25 heavy (non-hydrogen) atoms. The number of carboxylic acid groups (broad SMARTS) is 1. The van der Waals surface area contributed by atoms with Crippen molar-refractivity contribution in [2.75, 3.05) is 19.8 Å². The van der Waals surface area contributed by atoms with E-state index in [1.807, 2.05) is 30.3 Å². The monoisotopic (exact) mass is 357 g/mol. The van der Waals surface area contributed by atoms with Crippen molar-refractivity contribution in [2.45, 2.75) is 64.8 Å². The summed E-state index contributed by atoms with van der Waals surface area (Å²) in [5.74, 6) is 0. The summed E-state index contributed by atoms with van der Waals surface area (Å²) in [6.45, 7) is 4.84. The van der Waals surface area contributed by atoms with Crippen LogP contribution in [0, 0.1) is 0 Å². The van der Waals surface area contributed by atoms with Gasteiger partial charge in [-0.2, -0.15) is 0 Å². The van der Waals surface area contributed by atoms with E-state index in [2.05, 4.69) is 6.92 Å². The van der Waals surface area contributed by atoms with E-state index >= 15 is 0 Å². The van der Waals surface area contributed by atoms with E-state index in [1.165, 1.54) is 24.2 Å². The number of unbranched alkanes of at least 4 members (excludes halogenated alkanes) is 6. The maximum atomic E-state index is 11.2. The fourth-order valence-electron chi connectivity index (χ4n) is 2.63. The summed E-state index contributed by atoms with van der Waals surface area (Å²) in [6, 6.07) is 9.65. The van der Waals surface area contributed by atoms with E-state index in [0.29, 0.717) is 13.1 Å². The molecule has 0 saturated carbocycles. The van der Waals surface area contributed by atoms with Crippen LogP contribution >= 0.6 is 0 Å². The molecular formula is C20H32NNaO3. The number of rotatable bonds is 14. The van der Waals surface area contributed by atoms with Crippen molar-refractivity contribution in [1.82, 2.24) is 4.90 Å². The predicted octanol–water partition coefficient (Wildman–Crippen LogP) is 0.993. The van der Waals surface area contributed by atoms with Crippen LogP contribution in [0.15, 0.2) is 30.3 Å². The number of hydrogen-bond donors (Lipinski definition) is 0. The Labute approximate surface area is 175 Å². The number of amides is 1. The molecule has 1 aromatic carbocycles. The molecule has 0 aromatic heterocycles. The van der Waals surface area contributed by atoms with Crippen LogP contribution in [0.5, 0.6) is 0 Å². The Kier molecular flexibility index (Phi) is 16.5. The van der Waals surface area contributed by atoms with Crippen LogP contribution < -0.4 is 34.7 Å². The fraction of sp³-hybridized carbons (Fsp3) is 0.650. The minimum atomic E-state index is -1.09. The van der Waals surface area contributed by atoms with Gasteiger partial charge in [0.05, 0.1) is 0 Å². The normalized spacial score (nSPS) is 10.3. The van der Waals surface area contributed by atoms with Crippen LogP contribution in [0.2, 0.25) is 0 Å². The average Bonchev–Trinajstić information content (AvgIpc) is 2.59. The molecule has 0 atom stereocenters. The molecule has 0 aliphatic carbocycles. The van der Waals surface area contributed by atoms with Crippen LogP contribution in [0.1, 0.15) is 63.9 Å². The summed E-state index contributed by atoms with van der Waals surface area (Å²) < 4.78 is 5.61. The van der Waals surface area contributed by atoms with Gasteiger partial charge in [-0.3, -0.25) is 0 Å². The zero-order valence-electron chi connectivity index (χ0n) is 16.0. The van der Waals surface area contributed by atoms with E-state index in [1.54, 1.807) is 0 Å². The Bertz CT molecular complexity index is 428. The summed E-state index contributed by atoms with van der Waals surface area (Å²) >= 11 is 0. The average molecular weight is 357 g/mol. The number of nitrogens with zero attached hydrogens (tertiary/aromatic N) is 1. The largest absolute Gasteiger partial charge is 1.00 e. The van der Waals surface area contributed by atoms with E-state index in [0.717, 1.165) is 50.9 Å². The Morgan fingerprint density at radius 2 is 1.56 bits per heavy atom. The van der Waals surface area contributed by atoms with Gasteiger partial charge in [0.2, 0.25) is 0 Å². The Morgan fingerprint density at radius 3 is 2.16 bits per heavy atom. The van der Waals surface area contributed by atoms with Crippen LogP contribution in [-0.2, 0) is 11.3 Å². The first-order chi connectivity index (χ1) is 11.7. The fourth-order valence-corrected chi connectivity index (χ4v) is 2.63. The number of ether oxygens (including phenoxy) is 1. The maximum absolute atomic E-state index is 11.2. The maximum Gasteiger partial charge on any atom is 1.00 e. The smallest absolute Gasteiger partial charge is 0.530 e. The molecule has 0 radical (unpaired) electrons. The molecule has 0 aliphatic heterocycles. The molecule has 0 heterocycles. The van der Waals surface area contributed by atoms with Gasteiger partial charge in [-0.15, -0.1) is 0 Å². The van der Waals surface area contributed by atoms with Gasteiger partial charge in [-0.1, -0.05) is 69.4 Å². The number of hydrogen-bond acceptors (Lipinski definition) is 3. The van der Waals surface area contributed by atoms with Crippen molar-refractivity contribution < 1.29 is 44.2 Å². The van der Waals surface area contributed by atoms with Crippen LogP contribution in [0.4, 0.5) is 4.79 Å². The molecule has 1 aromatic rings. The zero-order valence-corrected chi connectivity index (χ0v) is 18.0. The van der Waals surface area contributed by atoms with Gasteiger partial charge in [0, 0.05) is 26.3 Å². The third-order valence-corrected chi connectivity index (χ3v) is 4.08. The summed E-state index contributed by atoms with van der Waals surface area (Å²) in [4.78, 5) is 12.6. The second kappa shape index (κ2) is 16.9. The minimum Gasteiger partial charge on any atom is -0.530 e. The van der Waals surface area contributed by atoms with Crippen LogP contribution in [-0.4, -0.2) is 30.8 Å². The third-order valence-electron chi connectivity index (χ3n) is 4.08. The molecular weight excluding hydrogens is 325 g/mol. The first-order valence-corrected chi connectivity index (χ1v) is 9.31. The molecule has 0 unspecified atom stereocenters. The summed E-state index contributed by atoms with van der Waals surface area (Å²) in [7, 11) is 0. The molecule has 0 saturated heterocycles. The molecule has 0 spiro atoms. The molecule has 1 rings (SSSR count). The van der Waals surface area contributed by atoms with E-state index < -0.39 is 6.09 Å². The number of carbonyl (C=O) groups is 1. The van der Waals surface area contributed by atoms with Gasteiger partial charge in [-0.25, -0.2) is 0 Å². The summed E-state index contributed by atoms with van der Waals surface area (Å²) in [5.41, 5.74) is 0.998. The van der Waals surface area contributed by atoms with Crippen molar-refractivity contribution >= 4 is 6.09 Å². The van der Waals surface area contributed by atoms with Crippen LogP contribution in [0.25, 0.3) is 0 Å². The van der Waals surface area contributed by atoms with Gasteiger partial charge < -0.3 is 19.5 Å².